The quantitative estimate of drug-likeness (QED) is 0.869. The predicted octanol–water partition coefficient (Wildman–Crippen LogP) is 2.29. The van der Waals surface area contributed by atoms with Crippen LogP contribution in [0, 0.1) is 5.92 Å². The van der Waals surface area contributed by atoms with E-state index in [9.17, 15) is 0 Å². The Kier molecular flexibility index (Phi) is 4.26. The fourth-order valence-electron chi connectivity index (χ4n) is 2.51. The second-order valence-corrected chi connectivity index (χ2v) is 4.66. The van der Waals surface area contributed by atoms with Gasteiger partial charge >= 0.3 is 0 Å². The lowest BCUT2D eigenvalue weighted by molar-refractivity contribution is 0.244. The molecule has 1 aliphatic rings. The van der Waals surface area contributed by atoms with Gasteiger partial charge in [0.05, 0.1) is 7.11 Å². The number of hydrogen-bond donors (Lipinski definition) is 1. The molecule has 94 valence electrons. The molecule has 1 unspecified atom stereocenters. The van der Waals surface area contributed by atoms with Crippen LogP contribution in [0.2, 0.25) is 0 Å². The van der Waals surface area contributed by atoms with Crippen LogP contribution in [0.4, 0.5) is 5.69 Å². The normalized spacial score (nSPS) is 20.4. The Morgan fingerprint density at radius 2 is 2.12 bits per heavy atom. The third kappa shape index (κ3) is 3.13. The predicted molar refractivity (Wildman–Crippen MR) is 69.6 cm³/mol. The molecule has 1 fully saturated rings. The molecule has 17 heavy (non-hydrogen) atoms. The third-order valence-electron chi connectivity index (χ3n) is 3.49. The SMILES string of the molecule is COc1ccc(N2CCCC(CCO)C2)cc1. The molecule has 3 heteroatoms. The largest absolute Gasteiger partial charge is 0.497 e. The molecule has 1 atom stereocenters. The number of nitrogens with zero attached hydrogens (tertiary/aromatic N) is 1. The van der Waals surface area contributed by atoms with Crippen molar-refractivity contribution in [3.63, 3.8) is 0 Å². The Labute approximate surface area is 103 Å². The maximum absolute atomic E-state index is 9.01. The van der Waals surface area contributed by atoms with Crippen LogP contribution in [-0.2, 0) is 0 Å². The van der Waals surface area contributed by atoms with E-state index in [2.05, 4.69) is 17.0 Å². The summed E-state index contributed by atoms with van der Waals surface area (Å²) in [6, 6.07) is 8.23. The lowest BCUT2D eigenvalue weighted by Crippen LogP contribution is -2.35. The second-order valence-electron chi connectivity index (χ2n) is 4.66. The summed E-state index contributed by atoms with van der Waals surface area (Å²) >= 11 is 0. The minimum atomic E-state index is 0.307. The number of anilines is 1. The van der Waals surface area contributed by atoms with Crippen LogP contribution in [0.15, 0.2) is 24.3 Å². The first kappa shape index (κ1) is 12.2. The molecule has 1 N–H and O–H groups in total. The summed E-state index contributed by atoms with van der Waals surface area (Å²) in [4.78, 5) is 2.41. The van der Waals surface area contributed by atoms with E-state index >= 15 is 0 Å². The van der Waals surface area contributed by atoms with Crippen LogP contribution in [0.1, 0.15) is 19.3 Å². The van der Waals surface area contributed by atoms with Gasteiger partial charge in [-0.25, -0.2) is 0 Å². The van der Waals surface area contributed by atoms with Crippen molar-refractivity contribution in [3.05, 3.63) is 24.3 Å². The topological polar surface area (TPSA) is 32.7 Å². The zero-order valence-corrected chi connectivity index (χ0v) is 10.4. The van der Waals surface area contributed by atoms with Crippen LogP contribution >= 0.6 is 0 Å². The monoisotopic (exact) mass is 235 g/mol. The average molecular weight is 235 g/mol. The summed E-state index contributed by atoms with van der Waals surface area (Å²) in [5.41, 5.74) is 1.26. The van der Waals surface area contributed by atoms with Crippen molar-refractivity contribution >= 4 is 5.69 Å². The number of piperidine rings is 1. The molecule has 2 rings (SSSR count). The zero-order chi connectivity index (χ0) is 12.1. The summed E-state index contributed by atoms with van der Waals surface area (Å²) < 4.78 is 5.16. The van der Waals surface area contributed by atoms with Gasteiger partial charge in [-0.05, 0) is 49.4 Å². The molecule has 1 saturated heterocycles. The van der Waals surface area contributed by atoms with E-state index in [0.717, 1.165) is 25.3 Å². The average Bonchev–Trinajstić information content (AvgIpc) is 2.40. The lowest BCUT2D eigenvalue weighted by atomic mass is 9.95. The van der Waals surface area contributed by atoms with Gasteiger partial charge in [0.1, 0.15) is 5.75 Å². The van der Waals surface area contributed by atoms with Gasteiger partial charge in [0.2, 0.25) is 0 Å². The van der Waals surface area contributed by atoms with Crippen LogP contribution in [0.5, 0.6) is 5.75 Å². The molecule has 0 radical (unpaired) electrons. The number of aliphatic hydroxyl groups is 1. The number of benzene rings is 1. The van der Waals surface area contributed by atoms with Gasteiger partial charge in [-0.3, -0.25) is 0 Å². The van der Waals surface area contributed by atoms with E-state index in [4.69, 9.17) is 9.84 Å². The van der Waals surface area contributed by atoms with E-state index in [-0.39, 0.29) is 0 Å². The summed E-state index contributed by atoms with van der Waals surface area (Å²) in [5.74, 6) is 1.54. The van der Waals surface area contributed by atoms with Crippen LogP contribution in [0.3, 0.4) is 0 Å². The van der Waals surface area contributed by atoms with E-state index in [0.29, 0.717) is 12.5 Å². The zero-order valence-electron chi connectivity index (χ0n) is 10.4. The Morgan fingerprint density at radius 3 is 2.76 bits per heavy atom. The highest BCUT2D eigenvalue weighted by molar-refractivity contribution is 5.49. The molecule has 1 aliphatic heterocycles. The Hall–Kier alpha value is -1.22. The Morgan fingerprint density at radius 1 is 1.35 bits per heavy atom. The molecule has 1 heterocycles. The summed E-state index contributed by atoms with van der Waals surface area (Å²) in [6.45, 7) is 2.49. The molecule has 3 nitrogen and oxygen atoms in total. The van der Waals surface area contributed by atoms with Gasteiger partial charge in [-0.2, -0.15) is 0 Å². The minimum absolute atomic E-state index is 0.307. The van der Waals surface area contributed by atoms with Crippen LogP contribution in [-0.4, -0.2) is 31.9 Å². The first-order chi connectivity index (χ1) is 8.33. The Balaban J connectivity index is 2.00. The van der Waals surface area contributed by atoms with Crippen molar-refractivity contribution in [2.24, 2.45) is 5.92 Å². The number of hydrogen-bond acceptors (Lipinski definition) is 3. The smallest absolute Gasteiger partial charge is 0.119 e. The van der Waals surface area contributed by atoms with Gasteiger partial charge in [0.25, 0.3) is 0 Å². The van der Waals surface area contributed by atoms with Gasteiger partial charge < -0.3 is 14.7 Å². The number of rotatable bonds is 4. The highest BCUT2D eigenvalue weighted by Gasteiger charge is 2.19. The molecule has 0 amide bonds. The van der Waals surface area contributed by atoms with Crippen LogP contribution in [0.25, 0.3) is 0 Å². The molecule has 0 saturated carbocycles. The molecule has 1 aromatic rings. The maximum Gasteiger partial charge on any atom is 0.119 e. The van der Waals surface area contributed by atoms with Gasteiger partial charge in [-0.1, -0.05) is 0 Å². The van der Waals surface area contributed by atoms with Crippen molar-refractivity contribution in [2.75, 3.05) is 31.7 Å². The Bertz CT molecular complexity index is 335. The molecule has 1 aromatic carbocycles. The van der Waals surface area contributed by atoms with Crippen molar-refractivity contribution < 1.29 is 9.84 Å². The molecular weight excluding hydrogens is 214 g/mol. The van der Waals surface area contributed by atoms with E-state index < -0.39 is 0 Å². The van der Waals surface area contributed by atoms with E-state index in [1.54, 1.807) is 7.11 Å². The summed E-state index contributed by atoms with van der Waals surface area (Å²) in [5, 5.41) is 9.01. The van der Waals surface area contributed by atoms with Gasteiger partial charge in [-0.15, -0.1) is 0 Å². The molecule has 0 aromatic heterocycles. The second kappa shape index (κ2) is 5.92. The first-order valence-electron chi connectivity index (χ1n) is 6.33. The highest BCUT2D eigenvalue weighted by atomic mass is 16.5. The maximum atomic E-state index is 9.01. The highest BCUT2D eigenvalue weighted by Crippen LogP contribution is 2.26. The van der Waals surface area contributed by atoms with E-state index in [1.807, 2.05) is 12.1 Å². The number of aliphatic hydroxyl groups excluding tert-OH is 1. The first-order valence-corrected chi connectivity index (χ1v) is 6.33. The van der Waals surface area contributed by atoms with Crippen molar-refractivity contribution in [3.8, 4) is 5.75 Å². The minimum Gasteiger partial charge on any atom is -0.497 e. The lowest BCUT2D eigenvalue weighted by Gasteiger charge is -2.34. The fraction of sp³-hybridized carbons (Fsp3) is 0.571. The van der Waals surface area contributed by atoms with Crippen molar-refractivity contribution in [2.45, 2.75) is 19.3 Å². The van der Waals surface area contributed by atoms with Crippen molar-refractivity contribution in [1.29, 1.82) is 0 Å². The van der Waals surface area contributed by atoms with E-state index in [1.165, 1.54) is 18.5 Å². The fourth-order valence-corrected chi connectivity index (χ4v) is 2.51. The standard InChI is InChI=1S/C14H21NO2/c1-17-14-6-4-13(5-7-14)15-9-2-3-12(11-15)8-10-16/h4-7,12,16H,2-3,8-11H2,1H3. The van der Waals surface area contributed by atoms with Crippen molar-refractivity contribution in [1.82, 2.24) is 0 Å². The van der Waals surface area contributed by atoms with Crippen LogP contribution < -0.4 is 9.64 Å². The molecule has 0 aliphatic carbocycles. The van der Waals surface area contributed by atoms with Gasteiger partial charge in [0, 0.05) is 25.4 Å². The summed E-state index contributed by atoms with van der Waals surface area (Å²) in [7, 11) is 1.69. The summed E-state index contributed by atoms with van der Waals surface area (Å²) in [6.07, 6.45) is 3.39. The number of ether oxygens (including phenoxy) is 1. The number of methoxy groups -OCH3 is 1. The molecular formula is C14H21NO2. The molecule has 0 bridgehead atoms. The van der Waals surface area contributed by atoms with Gasteiger partial charge in [0.15, 0.2) is 0 Å². The molecule has 0 spiro atoms. The third-order valence-corrected chi connectivity index (χ3v) is 3.49.